The topological polar surface area (TPSA) is 108 Å². The largest absolute Gasteiger partial charge is 0.492 e. The van der Waals surface area contributed by atoms with Gasteiger partial charge in [0.15, 0.2) is 17.3 Å². The highest BCUT2D eigenvalue weighted by Gasteiger charge is 2.26. The van der Waals surface area contributed by atoms with Crippen LogP contribution in [0.15, 0.2) is 34.5 Å². The Hall–Kier alpha value is -3.04. The number of azo groups is 1. The Balaban J connectivity index is 2.40. The van der Waals surface area contributed by atoms with Crippen LogP contribution in [0.4, 0.5) is 11.4 Å². The number of benzene rings is 2. The first kappa shape index (κ1) is 28.2. The van der Waals surface area contributed by atoms with Crippen LogP contribution in [0.1, 0.15) is 34.6 Å². The van der Waals surface area contributed by atoms with E-state index in [9.17, 15) is 9.59 Å². The molecule has 190 valence electrons. The molecule has 35 heavy (non-hydrogen) atoms. The second-order valence-corrected chi connectivity index (χ2v) is 7.77. The maximum atomic E-state index is 13.0. The van der Waals surface area contributed by atoms with Gasteiger partial charge in [-0.25, -0.2) is 0 Å². The molecule has 0 aliphatic heterocycles. The lowest BCUT2D eigenvalue weighted by molar-refractivity contribution is -0.126. The van der Waals surface area contributed by atoms with Crippen molar-refractivity contribution in [3.8, 4) is 23.0 Å². The normalized spacial score (nSPS) is 11.7. The molecule has 9 nitrogen and oxygen atoms in total. The smallest absolute Gasteiger partial charge is 0.258 e. The summed E-state index contributed by atoms with van der Waals surface area (Å²) in [6.45, 7) is 9.83. The molecule has 2 aromatic rings. The first-order chi connectivity index (χ1) is 16.8. The van der Waals surface area contributed by atoms with Crippen LogP contribution in [0.3, 0.4) is 0 Å². The summed E-state index contributed by atoms with van der Waals surface area (Å²) in [5, 5.41) is 11.4. The molecule has 11 heteroatoms. The molecule has 1 amide bonds. The van der Waals surface area contributed by atoms with Gasteiger partial charge in [0, 0.05) is 12.1 Å². The average molecular weight is 526 g/mol. The number of carbonyl (C=O) groups is 2. The molecule has 1 unspecified atom stereocenters. The van der Waals surface area contributed by atoms with Gasteiger partial charge in [-0.2, -0.15) is 10.2 Å². The van der Waals surface area contributed by atoms with Crippen molar-refractivity contribution in [3.05, 3.63) is 34.3 Å². The fraction of sp³-hybridized carbons (Fsp3) is 0.417. The highest BCUT2D eigenvalue weighted by atomic mass is 35.5. The molecule has 1 N–H and O–H groups in total. The summed E-state index contributed by atoms with van der Waals surface area (Å²) >= 11 is 12.5. The van der Waals surface area contributed by atoms with Gasteiger partial charge in [0.1, 0.15) is 17.2 Å². The molecule has 0 bridgehead atoms. The quantitative estimate of drug-likeness (QED) is 0.244. The predicted molar refractivity (Wildman–Crippen MR) is 135 cm³/mol. The van der Waals surface area contributed by atoms with Crippen LogP contribution in [-0.4, -0.2) is 44.2 Å². The lowest BCUT2D eigenvalue weighted by Gasteiger charge is -2.18. The van der Waals surface area contributed by atoms with E-state index in [2.05, 4.69) is 15.5 Å². The standard InChI is InChI=1S/C24H29Cl2N3O6/c1-6-32-19-13-18(20(33-7-2)12-16(19)26)28-29-21(14(5)30)24(31)27-17-11-10-15(25)22(34-8-3)23(17)35-9-4/h10-13,21H,6-9H2,1-5H3,(H,27,31). The number of amides is 1. The number of halogens is 2. The van der Waals surface area contributed by atoms with Gasteiger partial charge in [0.25, 0.3) is 5.91 Å². The predicted octanol–water partition coefficient (Wildman–Crippen LogP) is 6.27. The van der Waals surface area contributed by atoms with Crippen molar-refractivity contribution in [2.45, 2.75) is 40.7 Å². The van der Waals surface area contributed by atoms with Crippen LogP contribution in [-0.2, 0) is 9.59 Å². The summed E-state index contributed by atoms with van der Waals surface area (Å²) in [7, 11) is 0. The molecule has 0 aliphatic carbocycles. The Labute approximate surface area is 214 Å². The minimum absolute atomic E-state index is 0.257. The third-order valence-electron chi connectivity index (χ3n) is 4.43. The Morgan fingerprint density at radius 2 is 1.46 bits per heavy atom. The molecule has 0 saturated heterocycles. The minimum atomic E-state index is -1.43. The van der Waals surface area contributed by atoms with Gasteiger partial charge < -0.3 is 24.3 Å². The fourth-order valence-corrected chi connectivity index (χ4v) is 3.39. The van der Waals surface area contributed by atoms with Crippen LogP contribution in [0.25, 0.3) is 0 Å². The van der Waals surface area contributed by atoms with Gasteiger partial charge in [-0.1, -0.05) is 23.2 Å². The maximum Gasteiger partial charge on any atom is 0.258 e. The molecule has 0 aliphatic rings. The molecular weight excluding hydrogens is 497 g/mol. The van der Waals surface area contributed by atoms with E-state index in [4.69, 9.17) is 42.1 Å². The van der Waals surface area contributed by atoms with Crippen LogP contribution < -0.4 is 24.3 Å². The van der Waals surface area contributed by atoms with E-state index in [0.717, 1.165) is 0 Å². The highest BCUT2D eigenvalue weighted by Crippen LogP contribution is 2.42. The van der Waals surface area contributed by atoms with Gasteiger partial charge >= 0.3 is 0 Å². The van der Waals surface area contributed by atoms with E-state index < -0.39 is 17.7 Å². The number of ketones is 1. The Morgan fingerprint density at radius 1 is 0.857 bits per heavy atom. The van der Waals surface area contributed by atoms with Crippen molar-refractivity contribution in [3.63, 3.8) is 0 Å². The second kappa shape index (κ2) is 13.7. The molecule has 0 saturated carbocycles. The molecule has 1 atom stereocenters. The lowest BCUT2D eigenvalue weighted by atomic mass is 10.2. The van der Waals surface area contributed by atoms with Crippen molar-refractivity contribution < 1.29 is 28.5 Å². The van der Waals surface area contributed by atoms with Crippen LogP contribution in [0.5, 0.6) is 23.0 Å². The lowest BCUT2D eigenvalue weighted by Crippen LogP contribution is -2.32. The Bertz CT molecular complexity index is 1080. The molecule has 0 spiro atoms. The Morgan fingerprint density at radius 3 is 2.06 bits per heavy atom. The average Bonchev–Trinajstić information content (AvgIpc) is 2.80. The van der Waals surface area contributed by atoms with E-state index in [0.29, 0.717) is 53.7 Å². The van der Waals surface area contributed by atoms with Gasteiger partial charge in [0.2, 0.25) is 6.04 Å². The van der Waals surface area contributed by atoms with Crippen LogP contribution >= 0.6 is 23.2 Å². The first-order valence-electron chi connectivity index (χ1n) is 11.2. The molecular formula is C24H29Cl2N3O6. The van der Waals surface area contributed by atoms with Gasteiger partial charge in [-0.15, -0.1) is 0 Å². The van der Waals surface area contributed by atoms with Crippen LogP contribution in [0, 0.1) is 0 Å². The number of nitrogens with zero attached hydrogens (tertiary/aromatic N) is 2. The fourth-order valence-electron chi connectivity index (χ4n) is 2.98. The Kier molecular flexibility index (Phi) is 11.1. The summed E-state index contributed by atoms with van der Waals surface area (Å²) in [5.41, 5.74) is 0.546. The SMILES string of the molecule is CCOc1cc(N=NC(C(C)=O)C(=O)Nc2ccc(Cl)c(OCC)c2OCC)c(OCC)cc1Cl. The summed E-state index contributed by atoms with van der Waals surface area (Å²) in [5.74, 6) is 0.0449. The highest BCUT2D eigenvalue weighted by molar-refractivity contribution is 6.32. The third kappa shape index (κ3) is 7.47. The second-order valence-electron chi connectivity index (χ2n) is 6.95. The van der Waals surface area contributed by atoms with Crippen molar-refractivity contribution >= 4 is 46.3 Å². The zero-order valence-electron chi connectivity index (χ0n) is 20.3. The summed E-state index contributed by atoms with van der Waals surface area (Å²) in [6, 6.07) is 4.77. The van der Waals surface area contributed by atoms with Gasteiger partial charge in [-0.3, -0.25) is 9.59 Å². The van der Waals surface area contributed by atoms with E-state index >= 15 is 0 Å². The van der Waals surface area contributed by atoms with Crippen molar-refractivity contribution in [2.75, 3.05) is 31.7 Å². The van der Waals surface area contributed by atoms with E-state index in [1.165, 1.54) is 13.0 Å². The number of Topliss-reactive ketones (excluding diaryl/α,β-unsaturated/α-hetero) is 1. The van der Waals surface area contributed by atoms with Gasteiger partial charge in [0.05, 0.1) is 42.2 Å². The van der Waals surface area contributed by atoms with Crippen LogP contribution in [0.2, 0.25) is 10.0 Å². The molecule has 0 aromatic heterocycles. The molecule has 0 heterocycles. The van der Waals surface area contributed by atoms with Gasteiger partial charge in [-0.05, 0) is 46.8 Å². The van der Waals surface area contributed by atoms with Crippen molar-refractivity contribution in [2.24, 2.45) is 10.2 Å². The summed E-state index contributed by atoms with van der Waals surface area (Å²) < 4.78 is 22.3. The first-order valence-corrected chi connectivity index (χ1v) is 11.9. The number of carbonyl (C=O) groups excluding carboxylic acids is 2. The van der Waals surface area contributed by atoms with Crippen molar-refractivity contribution in [1.29, 1.82) is 0 Å². The van der Waals surface area contributed by atoms with E-state index in [1.54, 1.807) is 39.0 Å². The molecule has 2 rings (SSSR count). The monoisotopic (exact) mass is 525 g/mol. The molecule has 0 radical (unpaired) electrons. The number of nitrogens with one attached hydrogen (secondary N) is 1. The number of ether oxygens (including phenoxy) is 4. The van der Waals surface area contributed by atoms with Crippen molar-refractivity contribution in [1.82, 2.24) is 0 Å². The minimum Gasteiger partial charge on any atom is -0.492 e. The zero-order chi connectivity index (χ0) is 26.0. The van der Waals surface area contributed by atoms with E-state index in [1.807, 2.05) is 6.92 Å². The number of anilines is 1. The third-order valence-corrected chi connectivity index (χ3v) is 5.02. The molecule has 0 fully saturated rings. The summed E-state index contributed by atoms with van der Waals surface area (Å²) in [6.07, 6.45) is 0. The number of rotatable bonds is 13. The number of hydrogen-bond donors (Lipinski definition) is 1. The summed E-state index contributed by atoms with van der Waals surface area (Å²) in [4.78, 5) is 25.3. The maximum absolute atomic E-state index is 13.0. The molecule has 2 aromatic carbocycles. The number of hydrogen-bond acceptors (Lipinski definition) is 8. The van der Waals surface area contributed by atoms with E-state index in [-0.39, 0.29) is 17.1 Å². The zero-order valence-corrected chi connectivity index (χ0v) is 21.8.